The summed E-state index contributed by atoms with van der Waals surface area (Å²) in [7, 11) is 0. The van der Waals surface area contributed by atoms with E-state index in [1.165, 1.54) is 50.3 Å². The Morgan fingerprint density at radius 3 is 2.60 bits per heavy atom. The monoisotopic (exact) mass is 293 g/mol. The molecule has 0 radical (unpaired) electrons. The average molecular weight is 293 g/mol. The number of aromatic nitrogens is 3. The highest BCUT2D eigenvalue weighted by Crippen LogP contribution is 2.62. The molecule has 4 rings (SSSR count). The fraction of sp³-hybridized carbons (Fsp3) is 0.786. The number of carbonyl (C=O) groups is 1. The number of rotatable bonds is 7. The Balaban J connectivity index is 1.57. The molecular formula is C14H19N3O2S. The van der Waals surface area contributed by atoms with Crippen molar-refractivity contribution in [1.29, 1.82) is 0 Å². The quantitative estimate of drug-likeness (QED) is 0.782. The van der Waals surface area contributed by atoms with Gasteiger partial charge in [0.05, 0.1) is 5.75 Å². The minimum absolute atomic E-state index is 0.0687. The molecule has 1 aromatic rings. The predicted octanol–water partition coefficient (Wildman–Crippen LogP) is 2.52. The van der Waals surface area contributed by atoms with Crippen LogP contribution in [-0.2, 0) is 11.3 Å². The topological polar surface area (TPSA) is 68.0 Å². The summed E-state index contributed by atoms with van der Waals surface area (Å²) in [4.78, 5) is 10.8. The highest BCUT2D eigenvalue weighted by atomic mass is 32.2. The third-order valence-electron chi connectivity index (χ3n) is 4.82. The molecule has 20 heavy (non-hydrogen) atoms. The minimum Gasteiger partial charge on any atom is -0.481 e. The van der Waals surface area contributed by atoms with Crippen LogP contribution >= 0.6 is 11.8 Å². The SMILES string of the molecule is O=C(O)CSc1nnc(C2CC2)n1CC1(C2CC2)CC1. The number of carboxylic acid groups (broad SMARTS) is 1. The molecule has 5 nitrogen and oxygen atoms in total. The third kappa shape index (κ3) is 2.34. The van der Waals surface area contributed by atoms with Crippen molar-refractivity contribution in [1.82, 2.24) is 14.8 Å². The molecule has 3 fully saturated rings. The first kappa shape index (κ1) is 12.7. The summed E-state index contributed by atoms with van der Waals surface area (Å²) in [5.74, 6) is 1.84. The molecule has 0 aliphatic heterocycles. The molecule has 0 atom stereocenters. The van der Waals surface area contributed by atoms with E-state index in [2.05, 4.69) is 14.8 Å². The number of hydrogen-bond acceptors (Lipinski definition) is 4. The molecule has 0 saturated heterocycles. The van der Waals surface area contributed by atoms with Crippen LogP contribution in [0.5, 0.6) is 0 Å². The van der Waals surface area contributed by atoms with Gasteiger partial charge in [0.15, 0.2) is 5.16 Å². The van der Waals surface area contributed by atoms with Crippen molar-refractivity contribution >= 4 is 17.7 Å². The van der Waals surface area contributed by atoms with Crippen molar-refractivity contribution in [3.63, 3.8) is 0 Å². The number of nitrogens with zero attached hydrogens (tertiary/aromatic N) is 3. The summed E-state index contributed by atoms with van der Waals surface area (Å²) >= 11 is 1.31. The zero-order chi connectivity index (χ0) is 13.7. The van der Waals surface area contributed by atoms with Gasteiger partial charge in [0.2, 0.25) is 0 Å². The van der Waals surface area contributed by atoms with Gasteiger partial charge in [-0.25, -0.2) is 0 Å². The van der Waals surface area contributed by atoms with Crippen LogP contribution < -0.4 is 0 Å². The van der Waals surface area contributed by atoms with Gasteiger partial charge in [-0.15, -0.1) is 10.2 Å². The first-order valence-corrected chi connectivity index (χ1v) is 8.44. The molecule has 1 heterocycles. The van der Waals surface area contributed by atoms with E-state index in [0.29, 0.717) is 11.3 Å². The molecule has 0 aromatic carbocycles. The molecule has 0 spiro atoms. The number of aliphatic carboxylic acids is 1. The number of hydrogen-bond donors (Lipinski definition) is 1. The molecule has 3 aliphatic carbocycles. The lowest BCUT2D eigenvalue weighted by Crippen LogP contribution is -2.17. The van der Waals surface area contributed by atoms with Crippen LogP contribution in [0.15, 0.2) is 5.16 Å². The molecule has 0 unspecified atom stereocenters. The Morgan fingerprint density at radius 2 is 2.05 bits per heavy atom. The first-order valence-electron chi connectivity index (χ1n) is 7.46. The van der Waals surface area contributed by atoms with Gasteiger partial charge in [-0.2, -0.15) is 0 Å². The summed E-state index contributed by atoms with van der Waals surface area (Å²) in [5, 5.41) is 18.3. The standard InChI is InChI=1S/C14H19N3O2S/c18-11(19)7-20-13-16-15-12(9-1-2-9)17(13)8-14(5-6-14)10-3-4-10/h9-10H,1-8H2,(H,18,19). The summed E-state index contributed by atoms with van der Waals surface area (Å²) in [6.45, 7) is 1.01. The van der Waals surface area contributed by atoms with Gasteiger partial charge in [-0.05, 0) is 49.9 Å². The lowest BCUT2D eigenvalue weighted by molar-refractivity contribution is -0.133. The van der Waals surface area contributed by atoms with Crippen molar-refractivity contribution in [2.24, 2.45) is 11.3 Å². The molecule has 3 saturated carbocycles. The Hall–Kier alpha value is -1.04. The van der Waals surface area contributed by atoms with E-state index in [1.54, 1.807) is 0 Å². The zero-order valence-electron chi connectivity index (χ0n) is 11.4. The van der Waals surface area contributed by atoms with Crippen LogP contribution in [0.2, 0.25) is 0 Å². The Morgan fingerprint density at radius 1 is 1.30 bits per heavy atom. The van der Waals surface area contributed by atoms with Crippen molar-refractivity contribution in [3.05, 3.63) is 5.82 Å². The molecule has 1 aromatic heterocycles. The summed E-state index contributed by atoms with van der Waals surface area (Å²) in [5.41, 5.74) is 0.491. The molecule has 0 bridgehead atoms. The minimum atomic E-state index is -0.791. The number of thioether (sulfide) groups is 1. The van der Waals surface area contributed by atoms with E-state index >= 15 is 0 Å². The van der Waals surface area contributed by atoms with E-state index in [1.807, 2.05) is 0 Å². The average Bonchev–Trinajstić information content (AvgIpc) is 3.24. The Bertz CT molecular complexity index is 545. The normalized spacial score (nSPS) is 23.8. The van der Waals surface area contributed by atoms with E-state index in [9.17, 15) is 4.79 Å². The van der Waals surface area contributed by atoms with Gasteiger partial charge in [0.1, 0.15) is 5.82 Å². The molecule has 6 heteroatoms. The summed E-state index contributed by atoms with van der Waals surface area (Å²) < 4.78 is 2.25. The molecule has 0 amide bonds. The molecule has 108 valence electrons. The van der Waals surface area contributed by atoms with Crippen molar-refractivity contribution in [3.8, 4) is 0 Å². The maximum atomic E-state index is 10.8. The van der Waals surface area contributed by atoms with Crippen LogP contribution in [0.3, 0.4) is 0 Å². The van der Waals surface area contributed by atoms with Crippen LogP contribution in [0.25, 0.3) is 0 Å². The molecule has 1 N–H and O–H groups in total. The Kier molecular flexibility index (Phi) is 2.84. The largest absolute Gasteiger partial charge is 0.481 e. The fourth-order valence-electron chi connectivity index (χ4n) is 3.19. The van der Waals surface area contributed by atoms with Crippen molar-refractivity contribution in [2.45, 2.75) is 56.1 Å². The van der Waals surface area contributed by atoms with E-state index < -0.39 is 5.97 Å². The maximum absolute atomic E-state index is 10.8. The second kappa shape index (κ2) is 4.48. The number of carboxylic acids is 1. The fourth-order valence-corrected chi connectivity index (χ4v) is 3.86. The highest BCUT2D eigenvalue weighted by Gasteiger charge is 2.54. The lowest BCUT2D eigenvalue weighted by atomic mass is 10.0. The van der Waals surface area contributed by atoms with E-state index in [-0.39, 0.29) is 5.75 Å². The summed E-state index contributed by atoms with van der Waals surface area (Å²) in [6, 6.07) is 0. The van der Waals surface area contributed by atoms with Crippen LogP contribution in [0.4, 0.5) is 0 Å². The predicted molar refractivity (Wildman–Crippen MR) is 74.7 cm³/mol. The smallest absolute Gasteiger partial charge is 0.313 e. The van der Waals surface area contributed by atoms with Gasteiger partial charge >= 0.3 is 5.97 Å². The van der Waals surface area contributed by atoms with Crippen LogP contribution in [-0.4, -0.2) is 31.6 Å². The second-order valence-electron chi connectivity index (χ2n) is 6.52. The van der Waals surface area contributed by atoms with Crippen molar-refractivity contribution < 1.29 is 9.90 Å². The zero-order valence-corrected chi connectivity index (χ0v) is 12.2. The second-order valence-corrected chi connectivity index (χ2v) is 7.46. The van der Waals surface area contributed by atoms with Crippen LogP contribution in [0, 0.1) is 11.3 Å². The lowest BCUT2D eigenvalue weighted by Gasteiger charge is -2.17. The van der Waals surface area contributed by atoms with Gasteiger partial charge in [-0.3, -0.25) is 4.79 Å². The van der Waals surface area contributed by atoms with E-state index in [4.69, 9.17) is 5.11 Å². The van der Waals surface area contributed by atoms with Gasteiger partial charge in [0.25, 0.3) is 0 Å². The first-order chi connectivity index (χ1) is 9.68. The maximum Gasteiger partial charge on any atom is 0.313 e. The summed E-state index contributed by atoms with van der Waals surface area (Å²) in [6.07, 6.45) is 7.80. The van der Waals surface area contributed by atoms with Crippen molar-refractivity contribution in [2.75, 3.05) is 5.75 Å². The van der Waals surface area contributed by atoms with Crippen LogP contribution in [0.1, 0.15) is 50.3 Å². The Labute approximate surface area is 122 Å². The van der Waals surface area contributed by atoms with Gasteiger partial charge < -0.3 is 9.67 Å². The third-order valence-corrected chi connectivity index (χ3v) is 5.77. The van der Waals surface area contributed by atoms with Gasteiger partial charge in [-0.1, -0.05) is 11.8 Å². The molecule has 3 aliphatic rings. The van der Waals surface area contributed by atoms with Gasteiger partial charge in [0, 0.05) is 12.5 Å². The van der Waals surface area contributed by atoms with E-state index in [0.717, 1.165) is 23.4 Å². The molecular weight excluding hydrogens is 274 g/mol. The highest BCUT2D eigenvalue weighted by molar-refractivity contribution is 7.99.